The van der Waals surface area contributed by atoms with Gasteiger partial charge in [-0.05, 0) is 58.2 Å². The summed E-state index contributed by atoms with van der Waals surface area (Å²) in [6, 6.07) is 7.59. The smallest absolute Gasteiger partial charge is 0.410 e. The number of hydrogen-bond donors (Lipinski definition) is 1. The lowest BCUT2D eigenvalue weighted by Crippen LogP contribution is -2.60. The summed E-state index contributed by atoms with van der Waals surface area (Å²) in [5.41, 5.74) is 0.391. The van der Waals surface area contributed by atoms with E-state index in [0.717, 1.165) is 0 Å². The van der Waals surface area contributed by atoms with Crippen molar-refractivity contribution in [1.82, 2.24) is 14.8 Å². The molecule has 0 spiro atoms. The molecule has 2 atom stereocenters. The second kappa shape index (κ2) is 11.8. The SMILES string of the molecule is C[C@@H]1CN(/C(=N/C#N)c2cc(Cl)c(-c3ccccc3F)nc2NCC(C)(C)C)[C@@H](C)CN1C(=O)OC(C)(C)C. The fraction of sp³-hybridized carbons (Fsp3) is 0.517. The normalized spacial score (nSPS) is 18.5. The number of amides is 1. The number of benzene rings is 1. The zero-order valence-corrected chi connectivity index (χ0v) is 24.7. The Morgan fingerprint density at radius 1 is 1.18 bits per heavy atom. The highest BCUT2D eigenvalue weighted by Crippen LogP contribution is 2.34. The predicted octanol–water partition coefficient (Wildman–Crippen LogP) is 6.56. The van der Waals surface area contributed by atoms with Crippen LogP contribution in [0.25, 0.3) is 11.3 Å². The maximum absolute atomic E-state index is 14.7. The number of aliphatic imine (C=N–C) groups is 1. The fourth-order valence-electron chi connectivity index (χ4n) is 4.31. The van der Waals surface area contributed by atoms with Gasteiger partial charge in [-0.2, -0.15) is 10.3 Å². The van der Waals surface area contributed by atoms with E-state index in [-0.39, 0.29) is 34.2 Å². The molecule has 1 saturated heterocycles. The molecule has 2 heterocycles. The van der Waals surface area contributed by atoms with Crippen molar-refractivity contribution in [2.45, 2.75) is 73.1 Å². The van der Waals surface area contributed by atoms with Crippen LogP contribution >= 0.6 is 11.6 Å². The first-order valence-electron chi connectivity index (χ1n) is 13.0. The van der Waals surface area contributed by atoms with Crippen molar-refractivity contribution < 1.29 is 13.9 Å². The van der Waals surface area contributed by atoms with Crippen molar-refractivity contribution in [3.05, 3.63) is 46.7 Å². The zero-order valence-electron chi connectivity index (χ0n) is 24.0. The molecule has 0 bridgehead atoms. The van der Waals surface area contributed by atoms with Gasteiger partial charge in [0.15, 0.2) is 5.84 Å². The van der Waals surface area contributed by atoms with E-state index in [4.69, 9.17) is 21.3 Å². The van der Waals surface area contributed by atoms with Crippen LogP contribution in [-0.4, -0.2) is 64.0 Å². The Kier molecular flexibility index (Phi) is 9.12. The lowest BCUT2D eigenvalue weighted by atomic mass is 9.97. The first kappa shape index (κ1) is 30.2. The average molecular weight is 557 g/mol. The molecule has 0 saturated carbocycles. The highest BCUT2D eigenvalue weighted by molar-refractivity contribution is 6.33. The van der Waals surface area contributed by atoms with Crippen LogP contribution in [0.3, 0.4) is 0 Å². The van der Waals surface area contributed by atoms with Crippen LogP contribution in [0.2, 0.25) is 5.02 Å². The van der Waals surface area contributed by atoms with Crippen molar-refractivity contribution >= 4 is 29.3 Å². The summed E-state index contributed by atoms with van der Waals surface area (Å²) in [7, 11) is 0. The van der Waals surface area contributed by atoms with Crippen LogP contribution < -0.4 is 5.32 Å². The Balaban J connectivity index is 2.06. The van der Waals surface area contributed by atoms with E-state index in [1.807, 2.05) is 45.7 Å². The molecule has 1 aromatic heterocycles. The Hall–Kier alpha value is -3.38. The van der Waals surface area contributed by atoms with Crippen molar-refractivity contribution in [2.24, 2.45) is 10.4 Å². The monoisotopic (exact) mass is 556 g/mol. The quantitative estimate of drug-likeness (QED) is 0.260. The van der Waals surface area contributed by atoms with Crippen LogP contribution in [0, 0.1) is 22.7 Å². The Morgan fingerprint density at radius 2 is 1.79 bits per heavy atom. The minimum Gasteiger partial charge on any atom is -0.444 e. The molecule has 1 aliphatic rings. The van der Waals surface area contributed by atoms with Gasteiger partial charge in [-0.15, -0.1) is 0 Å². The van der Waals surface area contributed by atoms with Crippen LogP contribution in [0.4, 0.5) is 15.0 Å². The molecular weight excluding hydrogens is 519 g/mol. The van der Waals surface area contributed by atoms with Crippen molar-refractivity contribution in [3.63, 3.8) is 0 Å². The van der Waals surface area contributed by atoms with Gasteiger partial charge in [0.05, 0.1) is 16.3 Å². The minimum absolute atomic E-state index is 0.0931. The van der Waals surface area contributed by atoms with Crippen LogP contribution in [-0.2, 0) is 4.74 Å². The number of aromatic nitrogens is 1. The molecule has 210 valence electrons. The van der Waals surface area contributed by atoms with Crippen molar-refractivity contribution in [3.8, 4) is 17.5 Å². The van der Waals surface area contributed by atoms with Gasteiger partial charge in [0.1, 0.15) is 17.2 Å². The Labute approximate surface area is 235 Å². The Bertz CT molecular complexity index is 1280. The van der Waals surface area contributed by atoms with Gasteiger partial charge in [0, 0.05) is 37.3 Å². The largest absolute Gasteiger partial charge is 0.444 e. The lowest BCUT2D eigenvalue weighted by molar-refractivity contribution is 0.000510. The van der Waals surface area contributed by atoms with Gasteiger partial charge >= 0.3 is 6.09 Å². The molecule has 1 aromatic carbocycles. The summed E-state index contributed by atoms with van der Waals surface area (Å²) < 4.78 is 20.3. The first-order chi connectivity index (χ1) is 18.1. The number of carbonyl (C=O) groups is 1. The Morgan fingerprint density at radius 3 is 2.38 bits per heavy atom. The van der Waals surface area contributed by atoms with Gasteiger partial charge in [-0.3, -0.25) is 0 Å². The number of amidine groups is 1. The number of pyridine rings is 1. The number of anilines is 1. The number of nitrogens with one attached hydrogen (secondary N) is 1. The van der Waals surface area contributed by atoms with E-state index in [2.05, 4.69) is 31.1 Å². The second-order valence-electron chi connectivity index (χ2n) is 12.1. The first-order valence-corrected chi connectivity index (χ1v) is 13.4. The van der Waals surface area contributed by atoms with Crippen molar-refractivity contribution in [2.75, 3.05) is 25.0 Å². The topological polar surface area (TPSA) is 93.9 Å². The highest BCUT2D eigenvalue weighted by atomic mass is 35.5. The lowest BCUT2D eigenvalue weighted by Gasteiger charge is -2.45. The summed E-state index contributed by atoms with van der Waals surface area (Å²) in [6.45, 7) is 17.0. The van der Waals surface area contributed by atoms with Crippen LogP contribution in [0.1, 0.15) is 61.0 Å². The summed E-state index contributed by atoms with van der Waals surface area (Å²) >= 11 is 6.69. The summed E-state index contributed by atoms with van der Waals surface area (Å²) in [5.74, 6) is 0.385. The molecule has 10 heteroatoms. The molecule has 1 N–H and O–H groups in total. The maximum Gasteiger partial charge on any atom is 0.410 e. The van der Waals surface area contributed by atoms with Gasteiger partial charge in [0.2, 0.25) is 6.19 Å². The van der Waals surface area contributed by atoms with E-state index in [1.165, 1.54) is 6.07 Å². The van der Waals surface area contributed by atoms with Gasteiger partial charge in [0.25, 0.3) is 0 Å². The number of nitriles is 1. The summed E-state index contributed by atoms with van der Waals surface area (Å²) in [4.78, 5) is 25.5. The van der Waals surface area contributed by atoms with Crippen molar-refractivity contribution in [1.29, 1.82) is 5.26 Å². The van der Waals surface area contributed by atoms with E-state index in [0.29, 0.717) is 42.5 Å². The second-order valence-corrected chi connectivity index (χ2v) is 12.5. The van der Waals surface area contributed by atoms with E-state index in [9.17, 15) is 14.4 Å². The standard InChI is InChI=1S/C29H38ClFN6O2/c1-18-15-37(27(38)39-29(6,7)8)19(2)14-36(18)26(34-17-32)21-13-22(30)24(20-11-9-10-12-23(20)31)35-25(21)33-16-28(3,4)5/h9-13,18-19H,14-16H2,1-8H3,(H,33,35)/b34-26+/t18-,19+/m0/s1. The third-order valence-corrected chi connectivity index (χ3v) is 6.46. The predicted molar refractivity (Wildman–Crippen MR) is 153 cm³/mol. The molecule has 2 aromatic rings. The molecule has 1 aliphatic heterocycles. The number of carbonyl (C=O) groups excluding carboxylic acids is 1. The van der Waals surface area contributed by atoms with E-state index in [1.54, 1.807) is 29.2 Å². The number of rotatable bonds is 4. The fourth-order valence-corrected chi connectivity index (χ4v) is 4.56. The third-order valence-electron chi connectivity index (χ3n) is 6.17. The average Bonchev–Trinajstić information content (AvgIpc) is 2.82. The molecule has 1 amide bonds. The number of halogens is 2. The summed E-state index contributed by atoms with van der Waals surface area (Å²) in [6.07, 6.45) is 1.54. The molecule has 3 rings (SSSR count). The molecule has 0 aliphatic carbocycles. The van der Waals surface area contributed by atoms with Gasteiger partial charge < -0.3 is 19.9 Å². The van der Waals surface area contributed by atoms with E-state index < -0.39 is 11.4 Å². The molecule has 8 nitrogen and oxygen atoms in total. The molecule has 0 radical (unpaired) electrons. The molecule has 0 unspecified atom stereocenters. The number of hydrogen-bond acceptors (Lipinski definition) is 6. The molecule has 39 heavy (non-hydrogen) atoms. The van der Waals surface area contributed by atoms with Gasteiger partial charge in [-0.1, -0.05) is 44.5 Å². The third kappa shape index (κ3) is 7.60. The maximum atomic E-state index is 14.7. The number of ether oxygens (including phenoxy) is 1. The van der Waals surface area contributed by atoms with E-state index >= 15 is 0 Å². The zero-order chi connectivity index (χ0) is 29.1. The van der Waals surface area contributed by atoms with Crippen LogP contribution in [0.15, 0.2) is 35.3 Å². The minimum atomic E-state index is -0.610. The molecule has 1 fully saturated rings. The number of piperazine rings is 1. The number of nitrogens with zero attached hydrogens (tertiary/aromatic N) is 5. The molecular formula is C29H38ClFN6O2. The van der Waals surface area contributed by atoms with Crippen LogP contribution in [0.5, 0.6) is 0 Å². The van der Waals surface area contributed by atoms with Gasteiger partial charge in [-0.25, -0.2) is 14.2 Å². The highest BCUT2D eigenvalue weighted by Gasteiger charge is 2.37. The summed E-state index contributed by atoms with van der Waals surface area (Å²) in [5, 5.41) is 13.3.